The second-order valence-electron chi connectivity index (χ2n) is 3.24. The number of halogens is 1. The van der Waals surface area contributed by atoms with Gasteiger partial charge in [0, 0.05) is 13.0 Å². The number of furan rings is 1. The van der Waals surface area contributed by atoms with Crippen LogP contribution >= 0.6 is 12.4 Å². The molecule has 1 N–H and O–H groups in total. The van der Waals surface area contributed by atoms with Gasteiger partial charge in [0.25, 0.3) is 0 Å². The number of hydrogen-bond donors (Lipinski definition) is 1. The van der Waals surface area contributed by atoms with E-state index in [1.807, 2.05) is 12.1 Å². The van der Waals surface area contributed by atoms with Crippen LogP contribution in [-0.4, -0.2) is 19.8 Å². The topological polar surface area (TPSA) is 34.4 Å². The number of aryl methyl sites for hydroxylation is 1. The first kappa shape index (κ1) is 11.6. The lowest BCUT2D eigenvalue weighted by Crippen LogP contribution is -2.34. The number of ether oxygens (including phenoxy) is 1. The van der Waals surface area contributed by atoms with E-state index in [2.05, 4.69) is 12.2 Å². The highest BCUT2D eigenvalue weighted by Gasteiger charge is 2.17. The van der Waals surface area contributed by atoms with Crippen LogP contribution in [0.1, 0.15) is 24.5 Å². The van der Waals surface area contributed by atoms with Gasteiger partial charge in [0.2, 0.25) is 0 Å². The van der Waals surface area contributed by atoms with Crippen molar-refractivity contribution in [3.05, 3.63) is 23.7 Å². The van der Waals surface area contributed by atoms with E-state index < -0.39 is 0 Å². The summed E-state index contributed by atoms with van der Waals surface area (Å²) in [7, 11) is 0. The van der Waals surface area contributed by atoms with Crippen LogP contribution in [0.5, 0.6) is 0 Å². The van der Waals surface area contributed by atoms with E-state index in [1.54, 1.807) is 0 Å². The normalized spacial score (nSPS) is 21.6. The van der Waals surface area contributed by atoms with Crippen molar-refractivity contribution in [3.63, 3.8) is 0 Å². The Hall–Kier alpha value is -0.510. The first-order valence-electron chi connectivity index (χ1n) is 4.80. The molecule has 1 saturated heterocycles. The number of nitrogens with one attached hydrogen (secondary N) is 1. The average molecular weight is 218 g/mol. The fourth-order valence-electron chi connectivity index (χ4n) is 1.52. The molecule has 1 aliphatic rings. The minimum absolute atomic E-state index is 0. The number of hydrogen-bond acceptors (Lipinski definition) is 3. The van der Waals surface area contributed by atoms with Crippen molar-refractivity contribution in [1.82, 2.24) is 5.32 Å². The molecule has 0 bridgehead atoms. The van der Waals surface area contributed by atoms with Gasteiger partial charge in [-0.15, -0.1) is 12.4 Å². The molecule has 0 unspecified atom stereocenters. The van der Waals surface area contributed by atoms with Crippen LogP contribution in [-0.2, 0) is 11.2 Å². The molecular formula is C10H16ClNO2. The molecule has 0 amide bonds. The van der Waals surface area contributed by atoms with Crippen LogP contribution < -0.4 is 5.32 Å². The molecular weight excluding hydrogens is 202 g/mol. The molecule has 1 atom stereocenters. The van der Waals surface area contributed by atoms with E-state index >= 15 is 0 Å². The lowest BCUT2D eigenvalue weighted by molar-refractivity contribution is 0.0695. The summed E-state index contributed by atoms with van der Waals surface area (Å²) in [5, 5.41) is 3.35. The van der Waals surface area contributed by atoms with Crippen molar-refractivity contribution in [2.75, 3.05) is 19.8 Å². The molecule has 1 aromatic heterocycles. The van der Waals surface area contributed by atoms with Gasteiger partial charge in [-0.25, -0.2) is 0 Å². The quantitative estimate of drug-likeness (QED) is 0.822. The summed E-state index contributed by atoms with van der Waals surface area (Å²) < 4.78 is 11.0. The summed E-state index contributed by atoms with van der Waals surface area (Å²) in [6.07, 6.45) is 0.952. The first-order valence-corrected chi connectivity index (χ1v) is 4.80. The van der Waals surface area contributed by atoms with Crippen LogP contribution in [0.25, 0.3) is 0 Å². The molecule has 0 aliphatic carbocycles. The zero-order valence-electron chi connectivity index (χ0n) is 8.29. The fourth-order valence-corrected chi connectivity index (χ4v) is 1.52. The van der Waals surface area contributed by atoms with Gasteiger partial charge in [-0.2, -0.15) is 0 Å². The Morgan fingerprint density at radius 1 is 1.50 bits per heavy atom. The fraction of sp³-hybridized carbons (Fsp3) is 0.600. The summed E-state index contributed by atoms with van der Waals surface area (Å²) in [4.78, 5) is 0. The van der Waals surface area contributed by atoms with Gasteiger partial charge in [-0.05, 0) is 12.1 Å². The highest BCUT2D eigenvalue weighted by Crippen LogP contribution is 2.18. The molecule has 2 rings (SSSR count). The molecule has 2 heterocycles. The SMILES string of the molecule is CCc1ccc([C@@H]2COCCN2)o1.Cl. The van der Waals surface area contributed by atoms with Gasteiger partial charge in [0.1, 0.15) is 11.5 Å². The van der Waals surface area contributed by atoms with Gasteiger partial charge in [-0.3, -0.25) is 0 Å². The molecule has 14 heavy (non-hydrogen) atoms. The largest absolute Gasteiger partial charge is 0.464 e. The van der Waals surface area contributed by atoms with Crippen LogP contribution in [0.15, 0.2) is 16.5 Å². The standard InChI is InChI=1S/C10H15NO2.ClH/c1-2-8-3-4-10(13-8)9-7-12-6-5-11-9;/h3-4,9,11H,2,5-7H2,1H3;1H/t9-;/m0./s1. The Bertz CT molecular complexity index is 269. The van der Waals surface area contributed by atoms with E-state index in [-0.39, 0.29) is 18.4 Å². The summed E-state index contributed by atoms with van der Waals surface area (Å²) in [6.45, 7) is 4.52. The van der Waals surface area contributed by atoms with Crippen molar-refractivity contribution in [1.29, 1.82) is 0 Å². The van der Waals surface area contributed by atoms with Gasteiger partial charge >= 0.3 is 0 Å². The van der Waals surface area contributed by atoms with E-state index in [0.29, 0.717) is 0 Å². The predicted octanol–water partition coefficient (Wildman–Crippen LogP) is 1.92. The van der Waals surface area contributed by atoms with Crippen molar-refractivity contribution in [2.45, 2.75) is 19.4 Å². The Labute approximate surface area is 90.2 Å². The Kier molecular flexibility index (Phi) is 4.45. The van der Waals surface area contributed by atoms with Crippen LogP contribution in [0.4, 0.5) is 0 Å². The molecule has 1 aromatic rings. The van der Waals surface area contributed by atoms with E-state index in [0.717, 1.165) is 37.7 Å². The van der Waals surface area contributed by atoms with Crippen molar-refractivity contribution < 1.29 is 9.15 Å². The highest BCUT2D eigenvalue weighted by atomic mass is 35.5. The lowest BCUT2D eigenvalue weighted by Gasteiger charge is -2.21. The second-order valence-corrected chi connectivity index (χ2v) is 3.24. The van der Waals surface area contributed by atoms with Crippen LogP contribution in [0.3, 0.4) is 0 Å². The maximum atomic E-state index is 5.63. The maximum Gasteiger partial charge on any atom is 0.123 e. The molecule has 3 nitrogen and oxygen atoms in total. The average Bonchev–Trinajstić information content (AvgIpc) is 2.67. The van der Waals surface area contributed by atoms with Gasteiger partial charge in [-0.1, -0.05) is 6.92 Å². The van der Waals surface area contributed by atoms with E-state index in [1.165, 1.54) is 0 Å². The number of morpholine rings is 1. The number of rotatable bonds is 2. The zero-order chi connectivity index (χ0) is 9.10. The summed E-state index contributed by atoms with van der Waals surface area (Å²) in [5.41, 5.74) is 0. The van der Waals surface area contributed by atoms with Gasteiger partial charge in [0.15, 0.2) is 0 Å². The van der Waals surface area contributed by atoms with E-state index in [4.69, 9.17) is 9.15 Å². The summed E-state index contributed by atoms with van der Waals surface area (Å²) >= 11 is 0. The molecule has 0 aromatic carbocycles. The molecule has 80 valence electrons. The Morgan fingerprint density at radius 2 is 2.36 bits per heavy atom. The third-order valence-corrected chi connectivity index (χ3v) is 2.30. The molecule has 4 heteroatoms. The minimum Gasteiger partial charge on any atom is -0.464 e. The molecule has 1 aliphatic heterocycles. The van der Waals surface area contributed by atoms with Crippen molar-refractivity contribution in [2.24, 2.45) is 0 Å². The Morgan fingerprint density at radius 3 is 2.93 bits per heavy atom. The van der Waals surface area contributed by atoms with Gasteiger partial charge < -0.3 is 14.5 Å². The highest BCUT2D eigenvalue weighted by molar-refractivity contribution is 5.85. The smallest absolute Gasteiger partial charge is 0.123 e. The van der Waals surface area contributed by atoms with Gasteiger partial charge in [0.05, 0.1) is 19.3 Å². The van der Waals surface area contributed by atoms with Crippen molar-refractivity contribution in [3.8, 4) is 0 Å². The summed E-state index contributed by atoms with van der Waals surface area (Å²) in [5.74, 6) is 2.04. The molecule has 1 fully saturated rings. The monoisotopic (exact) mass is 217 g/mol. The second kappa shape index (κ2) is 5.39. The summed E-state index contributed by atoms with van der Waals surface area (Å²) in [6, 6.07) is 4.31. The third-order valence-electron chi connectivity index (χ3n) is 2.30. The molecule has 0 saturated carbocycles. The van der Waals surface area contributed by atoms with E-state index in [9.17, 15) is 0 Å². The first-order chi connectivity index (χ1) is 6.40. The minimum atomic E-state index is 0. The predicted molar refractivity (Wildman–Crippen MR) is 56.9 cm³/mol. The maximum absolute atomic E-state index is 5.63. The molecule has 0 spiro atoms. The molecule has 0 radical (unpaired) electrons. The zero-order valence-corrected chi connectivity index (χ0v) is 9.10. The third kappa shape index (κ3) is 2.50. The van der Waals surface area contributed by atoms with Crippen molar-refractivity contribution >= 4 is 12.4 Å². The van der Waals surface area contributed by atoms with Crippen LogP contribution in [0.2, 0.25) is 0 Å². The van der Waals surface area contributed by atoms with Crippen LogP contribution in [0, 0.1) is 0 Å². The Balaban J connectivity index is 0.000000980. The lowest BCUT2D eigenvalue weighted by atomic mass is 10.2.